The van der Waals surface area contributed by atoms with Gasteiger partial charge in [0.2, 0.25) is 11.8 Å². The second kappa shape index (κ2) is 6.44. The predicted molar refractivity (Wildman–Crippen MR) is 65.6 cm³/mol. The first kappa shape index (κ1) is 15.8. The molecule has 1 aromatic heterocycles. The molecule has 2 unspecified atom stereocenters. The fraction of sp³-hybridized carbons (Fsp3) is 0.769. The van der Waals surface area contributed by atoms with Crippen molar-refractivity contribution in [2.75, 3.05) is 0 Å². The third-order valence-corrected chi connectivity index (χ3v) is 3.77. The van der Waals surface area contributed by atoms with Gasteiger partial charge in [0, 0.05) is 18.8 Å². The number of carboxylic acid groups (broad SMARTS) is 1. The monoisotopic (exact) mass is 306 g/mol. The number of carboxylic acids is 1. The highest BCUT2D eigenvalue weighted by molar-refractivity contribution is 5.66. The number of aliphatic carboxylic acids is 1. The molecule has 2 rings (SSSR count). The van der Waals surface area contributed by atoms with Crippen molar-refractivity contribution in [3.8, 4) is 0 Å². The zero-order chi connectivity index (χ0) is 15.5. The van der Waals surface area contributed by atoms with Gasteiger partial charge >= 0.3 is 12.1 Å². The second-order valence-corrected chi connectivity index (χ2v) is 5.32. The molecule has 0 aliphatic heterocycles. The van der Waals surface area contributed by atoms with E-state index in [1.54, 1.807) is 0 Å². The van der Waals surface area contributed by atoms with Crippen LogP contribution in [-0.2, 0) is 11.2 Å². The van der Waals surface area contributed by atoms with Crippen LogP contribution in [0.4, 0.5) is 13.2 Å². The summed E-state index contributed by atoms with van der Waals surface area (Å²) < 4.78 is 44.4. The minimum atomic E-state index is -4.26. The molecule has 0 saturated heterocycles. The van der Waals surface area contributed by atoms with E-state index in [1.165, 1.54) is 0 Å². The van der Waals surface area contributed by atoms with Crippen LogP contribution in [0.25, 0.3) is 0 Å². The fourth-order valence-electron chi connectivity index (χ4n) is 2.73. The van der Waals surface area contributed by atoms with Gasteiger partial charge in [-0.1, -0.05) is 12.8 Å². The summed E-state index contributed by atoms with van der Waals surface area (Å²) in [7, 11) is 0. The molecule has 21 heavy (non-hydrogen) atoms. The molecular formula is C13H17F3N2O3. The molecule has 1 heterocycles. The van der Waals surface area contributed by atoms with Crippen LogP contribution < -0.4 is 0 Å². The topological polar surface area (TPSA) is 76.2 Å². The quantitative estimate of drug-likeness (QED) is 0.903. The van der Waals surface area contributed by atoms with Crippen LogP contribution in [0.2, 0.25) is 0 Å². The summed E-state index contributed by atoms with van der Waals surface area (Å²) >= 11 is 0. The predicted octanol–water partition coefficient (Wildman–Crippen LogP) is 3.31. The van der Waals surface area contributed by atoms with Gasteiger partial charge in [0.25, 0.3) is 0 Å². The van der Waals surface area contributed by atoms with E-state index in [9.17, 15) is 18.0 Å². The van der Waals surface area contributed by atoms with Gasteiger partial charge in [-0.15, -0.1) is 10.2 Å². The normalized spacial score (nSPS) is 23.2. The van der Waals surface area contributed by atoms with Gasteiger partial charge in [0.05, 0.1) is 5.92 Å². The van der Waals surface area contributed by atoms with Gasteiger partial charge in [-0.3, -0.25) is 4.79 Å². The lowest BCUT2D eigenvalue weighted by molar-refractivity contribution is -0.188. The minimum Gasteiger partial charge on any atom is -0.481 e. The number of rotatable bonds is 5. The van der Waals surface area contributed by atoms with Crippen molar-refractivity contribution in [2.45, 2.75) is 57.0 Å². The molecule has 1 fully saturated rings. The van der Waals surface area contributed by atoms with Crippen molar-refractivity contribution < 1.29 is 27.5 Å². The lowest BCUT2D eigenvalue weighted by Gasteiger charge is -2.30. The zero-order valence-electron chi connectivity index (χ0n) is 11.4. The van der Waals surface area contributed by atoms with Crippen LogP contribution in [0.5, 0.6) is 0 Å². The van der Waals surface area contributed by atoms with E-state index in [0.29, 0.717) is 25.7 Å². The standard InChI is InChI=1S/C13H17F3N2O3/c14-13(15,16)9-5-2-1-4-8(9)12-18-17-10(21-12)6-3-7-11(19)20/h8-9H,1-7H2,(H,19,20). The highest BCUT2D eigenvalue weighted by Gasteiger charge is 2.47. The number of hydrogen-bond acceptors (Lipinski definition) is 4. The minimum absolute atomic E-state index is 0.0300. The first-order valence-electron chi connectivity index (χ1n) is 6.98. The highest BCUT2D eigenvalue weighted by Crippen LogP contribution is 2.45. The molecule has 1 N–H and O–H groups in total. The number of nitrogens with zero attached hydrogens (tertiary/aromatic N) is 2. The Morgan fingerprint density at radius 3 is 2.67 bits per heavy atom. The molecule has 0 spiro atoms. The van der Waals surface area contributed by atoms with Gasteiger partial charge in [-0.25, -0.2) is 0 Å². The molecule has 1 aliphatic rings. The molecule has 0 aromatic carbocycles. The van der Waals surface area contributed by atoms with Gasteiger partial charge in [0.1, 0.15) is 0 Å². The average Bonchev–Trinajstić information content (AvgIpc) is 2.86. The van der Waals surface area contributed by atoms with E-state index in [0.717, 1.165) is 0 Å². The summed E-state index contributed by atoms with van der Waals surface area (Å²) in [6.07, 6.45) is -1.96. The Labute approximate surface area is 119 Å². The maximum Gasteiger partial charge on any atom is 0.392 e. The van der Waals surface area contributed by atoms with Crippen molar-refractivity contribution in [3.63, 3.8) is 0 Å². The maximum absolute atomic E-state index is 13.0. The fourth-order valence-corrected chi connectivity index (χ4v) is 2.73. The van der Waals surface area contributed by atoms with E-state index in [1.807, 2.05) is 0 Å². The Morgan fingerprint density at radius 1 is 1.29 bits per heavy atom. The number of aryl methyl sites for hydroxylation is 1. The molecule has 118 valence electrons. The van der Waals surface area contributed by atoms with Crippen molar-refractivity contribution in [1.82, 2.24) is 10.2 Å². The second-order valence-electron chi connectivity index (χ2n) is 5.32. The van der Waals surface area contributed by atoms with Gasteiger partial charge in [-0.2, -0.15) is 13.2 Å². The van der Waals surface area contributed by atoms with Crippen LogP contribution in [-0.4, -0.2) is 27.4 Å². The van der Waals surface area contributed by atoms with Crippen molar-refractivity contribution >= 4 is 5.97 Å². The molecular weight excluding hydrogens is 289 g/mol. The van der Waals surface area contributed by atoms with E-state index in [2.05, 4.69) is 10.2 Å². The van der Waals surface area contributed by atoms with Crippen LogP contribution in [0, 0.1) is 5.92 Å². The van der Waals surface area contributed by atoms with Crippen LogP contribution >= 0.6 is 0 Å². The van der Waals surface area contributed by atoms with E-state index < -0.39 is 24.0 Å². The number of hydrogen-bond donors (Lipinski definition) is 1. The smallest absolute Gasteiger partial charge is 0.392 e. The Hall–Kier alpha value is -1.60. The molecule has 8 heteroatoms. The molecule has 0 radical (unpaired) electrons. The number of alkyl halides is 3. The van der Waals surface area contributed by atoms with E-state index >= 15 is 0 Å². The van der Waals surface area contributed by atoms with Crippen LogP contribution in [0.1, 0.15) is 56.2 Å². The largest absolute Gasteiger partial charge is 0.481 e. The molecule has 1 saturated carbocycles. The summed E-state index contributed by atoms with van der Waals surface area (Å²) in [6, 6.07) is 0. The maximum atomic E-state index is 13.0. The Bertz CT molecular complexity index is 487. The molecule has 1 aromatic rings. The van der Waals surface area contributed by atoms with Crippen molar-refractivity contribution in [1.29, 1.82) is 0 Å². The number of halogens is 3. The summed E-state index contributed by atoms with van der Waals surface area (Å²) in [5.41, 5.74) is 0. The third-order valence-electron chi connectivity index (χ3n) is 3.77. The molecule has 0 amide bonds. The summed E-state index contributed by atoms with van der Waals surface area (Å²) in [5.74, 6) is -2.91. The lowest BCUT2D eigenvalue weighted by Crippen LogP contribution is -2.31. The van der Waals surface area contributed by atoms with Gasteiger partial charge in [0.15, 0.2) is 0 Å². The van der Waals surface area contributed by atoms with E-state index in [4.69, 9.17) is 9.52 Å². The van der Waals surface area contributed by atoms with Gasteiger partial charge in [-0.05, 0) is 19.3 Å². The van der Waals surface area contributed by atoms with Gasteiger partial charge < -0.3 is 9.52 Å². The first-order valence-corrected chi connectivity index (χ1v) is 6.98. The molecule has 0 bridgehead atoms. The third kappa shape index (κ3) is 4.18. The molecule has 2 atom stereocenters. The zero-order valence-corrected chi connectivity index (χ0v) is 11.4. The summed E-state index contributed by atoms with van der Waals surface area (Å²) in [6.45, 7) is 0. The Morgan fingerprint density at radius 2 is 2.00 bits per heavy atom. The SMILES string of the molecule is O=C(O)CCCc1nnc(C2CCCCC2C(F)(F)F)o1. The van der Waals surface area contributed by atoms with Crippen molar-refractivity contribution in [3.05, 3.63) is 11.8 Å². The number of carbonyl (C=O) groups is 1. The average molecular weight is 306 g/mol. The van der Waals surface area contributed by atoms with Crippen LogP contribution in [0.15, 0.2) is 4.42 Å². The number of aromatic nitrogens is 2. The van der Waals surface area contributed by atoms with Crippen LogP contribution in [0.3, 0.4) is 0 Å². The first-order chi connectivity index (χ1) is 9.88. The summed E-state index contributed by atoms with van der Waals surface area (Å²) in [4.78, 5) is 10.4. The Kier molecular flexibility index (Phi) is 4.84. The van der Waals surface area contributed by atoms with E-state index in [-0.39, 0.29) is 31.0 Å². The summed E-state index contributed by atoms with van der Waals surface area (Å²) in [5, 5.41) is 16.0. The molecule has 1 aliphatic carbocycles. The Balaban J connectivity index is 2.03. The van der Waals surface area contributed by atoms with Crippen molar-refractivity contribution in [2.24, 2.45) is 5.92 Å². The highest BCUT2D eigenvalue weighted by atomic mass is 19.4. The molecule has 5 nitrogen and oxygen atoms in total. The lowest BCUT2D eigenvalue weighted by atomic mass is 9.79.